The largest absolute Gasteiger partial charge is 0.477 e. The van der Waals surface area contributed by atoms with Crippen LogP contribution in [0.15, 0.2) is 0 Å². The molecule has 0 aromatic rings. The molecule has 0 aromatic heterocycles. The average molecular weight is 292 g/mol. The van der Waals surface area contributed by atoms with Crippen LogP contribution in [0.5, 0.6) is 0 Å². The summed E-state index contributed by atoms with van der Waals surface area (Å²) in [6, 6.07) is 0. The fourth-order valence-corrected chi connectivity index (χ4v) is 3.52. The van der Waals surface area contributed by atoms with Crippen molar-refractivity contribution < 1.29 is 28.5 Å². The fourth-order valence-electron chi connectivity index (χ4n) is 2.53. The molecule has 0 aliphatic carbocycles. The highest BCUT2D eigenvalue weighted by atomic mass is 28.3. The summed E-state index contributed by atoms with van der Waals surface area (Å²) in [5, 5.41) is 9.55. The van der Waals surface area contributed by atoms with E-state index >= 15 is 0 Å². The Bertz CT molecular complexity index is 349. The summed E-state index contributed by atoms with van der Waals surface area (Å²) in [4.78, 5) is 11.7. The van der Waals surface area contributed by atoms with E-state index in [9.17, 15) is 9.90 Å². The normalized spacial score (nSPS) is 31.0. The molecule has 0 unspecified atom stereocenters. The van der Waals surface area contributed by atoms with Gasteiger partial charge in [0.15, 0.2) is 20.9 Å². The summed E-state index contributed by atoms with van der Waals surface area (Å²) < 4.78 is 21.9. The van der Waals surface area contributed by atoms with Crippen LogP contribution in [0, 0.1) is 5.41 Å². The maximum atomic E-state index is 11.7. The van der Waals surface area contributed by atoms with Crippen LogP contribution in [0.25, 0.3) is 0 Å². The van der Waals surface area contributed by atoms with Crippen LogP contribution < -0.4 is 0 Å². The van der Waals surface area contributed by atoms with E-state index in [2.05, 4.69) is 0 Å². The predicted octanol–water partition coefficient (Wildman–Crippen LogP) is 1.20. The number of hydrogen-bond donors (Lipinski definition) is 1. The zero-order chi connectivity index (χ0) is 15.1. The second-order valence-electron chi connectivity index (χ2n) is 5.98. The molecule has 19 heavy (non-hydrogen) atoms. The van der Waals surface area contributed by atoms with Gasteiger partial charge in [-0.1, -0.05) is 20.8 Å². The lowest BCUT2D eigenvalue weighted by Gasteiger charge is -2.34. The monoisotopic (exact) mass is 292 g/mol. The van der Waals surface area contributed by atoms with Gasteiger partial charge in [0.1, 0.15) is 0 Å². The number of rotatable bonds is 6. The van der Waals surface area contributed by atoms with E-state index in [1.165, 1.54) is 14.2 Å². The summed E-state index contributed by atoms with van der Waals surface area (Å²) in [6.45, 7) is 9.44. The third-order valence-electron chi connectivity index (χ3n) is 3.31. The van der Waals surface area contributed by atoms with Crippen LogP contribution in [-0.4, -0.2) is 52.0 Å². The Morgan fingerprint density at radius 3 is 2.00 bits per heavy atom. The summed E-state index contributed by atoms with van der Waals surface area (Å²) in [5.41, 5.74) is -1.68. The predicted molar refractivity (Wildman–Crippen MR) is 71.4 cm³/mol. The minimum absolute atomic E-state index is 0.522. The van der Waals surface area contributed by atoms with Crippen molar-refractivity contribution in [1.82, 2.24) is 0 Å². The van der Waals surface area contributed by atoms with E-state index in [0.29, 0.717) is 0 Å². The van der Waals surface area contributed by atoms with E-state index in [1.54, 1.807) is 0 Å². The molecule has 0 aromatic carbocycles. The molecule has 2 atom stereocenters. The van der Waals surface area contributed by atoms with E-state index in [1.807, 2.05) is 33.9 Å². The van der Waals surface area contributed by atoms with E-state index in [4.69, 9.17) is 18.6 Å². The third kappa shape index (κ3) is 2.34. The van der Waals surface area contributed by atoms with Crippen LogP contribution in [0.4, 0.5) is 0 Å². The van der Waals surface area contributed by atoms with Gasteiger partial charge in [0, 0.05) is 19.6 Å². The molecule has 0 bridgehead atoms. The molecule has 1 heterocycles. The van der Waals surface area contributed by atoms with Gasteiger partial charge in [0.05, 0.1) is 0 Å². The molecule has 6 nitrogen and oxygen atoms in total. The zero-order valence-corrected chi connectivity index (χ0v) is 13.8. The summed E-state index contributed by atoms with van der Waals surface area (Å²) in [6.07, 6.45) is -0.809. The Morgan fingerprint density at radius 2 is 1.74 bits per heavy atom. The van der Waals surface area contributed by atoms with Crippen molar-refractivity contribution in [2.45, 2.75) is 51.5 Å². The van der Waals surface area contributed by atoms with Crippen molar-refractivity contribution in [3.8, 4) is 0 Å². The van der Waals surface area contributed by atoms with Crippen molar-refractivity contribution in [3.63, 3.8) is 0 Å². The molecular weight excluding hydrogens is 268 g/mol. The Hall–Kier alpha value is -0.473. The lowest BCUT2D eigenvalue weighted by atomic mass is 9.76. The van der Waals surface area contributed by atoms with E-state index < -0.39 is 38.1 Å². The van der Waals surface area contributed by atoms with Gasteiger partial charge in [-0.25, -0.2) is 4.79 Å². The number of hydrogen-bond acceptors (Lipinski definition) is 5. The molecule has 112 valence electrons. The van der Waals surface area contributed by atoms with Crippen molar-refractivity contribution in [3.05, 3.63) is 0 Å². The number of carbonyl (C=O) groups is 1. The molecule has 7 heteroatoms. The maximum absolute atomic E-state index is 11.7. The van der Waals surface area contributed by atoms with Crippen LogP contribution in [-0.2, 0) is 23.4 Å². The molecular formula is C12H24O6Si. The van der Waals surface area contributed by atoms with Crippen LogP contribution in [0.2, 0.25) is 13.1 Å². The quantitative estimate of drug-likeness (QED) is 0.450. The minimum Gasteiger partial charge on any atom is -0.477 e. The maximum Gasteiger partial charge on any atom is 0.366 e. The van der Waals surface area contributed by atoms with Crippen LogP contribution in [0.1, 0.15) is 20.8 Å². The number of aliphatic carboxylic acids is 1. The van der Waals surface area contributed by atoms with Crippen molar-refractivity contribution in [2.75, 3.05) is 14.2 Å². The number of ether oxygens (including phenoxy) is 3. The molecule has 1 aliphatic rings. The number of epoxide rings is 1. The molecule has 0 amide bonds. The Labute approximate surface area is 115 Å². The second-order valence-corrected chi connectivity index (χ2v) is 8.31. The third-order valence-corrected chi connectivity index (χ3v) is 4.11. The zero-order valence-electron chi connectivity index (χ0n) is 12.6. The number of carboxylic acids is 1. The first-order valence-corrected chi connectivity index (χ1v) is 9.04. The van der Waals surface area contributed by atoms with Gasteiger partial charge in [0.25, 0.3) is 5.79 Å². The van der Waals surface area contributed by atoms with Gasteiger partial charge in [-0.2, -0.15) is 0 Å². The second kappa shape index (κ2) is 5.14. The smallest absolute Gasteiger partial charge is 0.366 e. The SMILES string of the molecule is COC(OC)[C@]1(C(C)(C)C)O[C@]1(O[SiH](C)C)C(=O)O. The molecule has 1 N–H and O–H groups in total. The molecule has 1 aliphatic heterocycles. The lowest BCUT2D eigenvalue weighted by molar-refractivity contribution is -0.177. The summed E-state index contributed by atoms with van der Waals surface area (Å²) >= 11 is 0. The Morgan fingerprint density at radius 1 is 1.26 bits per heavy atom. The Balaban J connectivity index is 3.26. The number of methoxy groups -OCH3 is 2. The van der Waals surface area contributed by atoms with Crippen molar-refractivity contribution >= 4 is 15.0 Å². The van der Waals surface area contributed by atoms with Crippen LogP contribution >= 0.6 is 0 Å². The molecule has 0 radical (unpaired) electrons. The fraction of sp³-hybridized carbons (Fsp3) is 0.917. The van der Waals surface area contributed by atoms with Gasteiger partial charge < -0.3 is 23.7 Å². The summed E-state index contributed by atoms with van der Waals surface area (Å²) in [5.74, 6) is -2.81. The van der Waals surface area contributed by atoms with Crippen molar-refractivity contribution in [2.24, 2.45) is 5.41 Å². The van der Waals surface area contributed by atoms with Gasteiger partial charge >= 0.3 is 5.97 Å². The molecule has 1 saturated heterocycles. The molecule has 0 spiro atoms. The first-order chi connectivity index (χ1) is 8.59. The number of carboxylic acid groups (broad SMARTS) is 1. The van der Waals surface area contributed by atoms with E-state index in [-0.39, 0.29) is 0 Å². The summed E-state index contributed by atoms with van der Waals surface area (Å²) in [7, 11) is 1.30. The highest BCUT2D eigenvalue weighted by molar-refractivity contribution is 6.48. The molecule has 1 rings (SSSR count). The molecule has 1 fully saturated rings. The van der Waals surface area contributed by atoms with Gasteiger partial charge in [-0.3, -0.25) is 0 Å². The first kappa shape index (κ1) is 16.6. The van der Waals surface area contributed by atoms with Gasteiger partial charge in [-0.15, -0.1) is 0 Å². The van der Waals surface area contributed by atoms with Crippen LogP contribution in [0.3, 0.4) is 0 Å². The molecule has 0 saturated carbocycles. The minimum atomic E-state index is -1.68. The van der Waals surface area contributed by atoms with Crippen molar-refractivity contribution in [1.29, 1.82) is 0 Å². The topological polar surface area (TPSA) is 77.5 Å². The lowest BCUT2D eigenvalue weighted by Crippen LogP contribution is -2.53. The highest BCUT2D eigenvalue weighted by Gasteiger charge is 2.85. The standard InChI is InChI=1S/C12H24O6Si/c1-10(2,3)11(9(15-4)16-5)12(17-11,8(13)14)18-19(6)7/h9,19H,1-7H3,(H,13,14)/t11-,12+/m1/s1. The first-order valence-electron chi connectivity index (χ1n) is 6.26. The van der Waals surface area contributed by atoms with Gasteiger partial charge in [0.2, 0.25) is 0 Å². The average Bonchev–Trinajstić information content (AvgIpc) is 2.90. The highest BCUT2D eigenvalue weighted by Crippen LogP contribution is 2.62. The Kier molecular flexibility index (Phi) is 4.48. The van der Waals surface area contributed by atoms with E-state index in [0.717, 1.165) is 0 Å². The van der Waals surface area contributed by atoms with Gasteiger partial charge in [-0.05, 0) is 13.1 Å².